The summed E-state index contributed by atoms with van der Waals surface area (Å²) in [4.78, 5) is 12.5. The van der Waals surface area contributed by atoms with Crippen LogP contribution in [0.5, 0.6) is 0 Å². The Bertz CT molecular complexity index is 854. The van der Waals surface area contributed by atoms with Crippen LogP contribution < -0.4 is 5.32 Å². The molecule has 0 radical (unpaired) electrons. The molecule has 5 nitrogen and oxygen atoms in total. The molecule has 2 aromatic carbocycles. The van der Waals surface area contributed by atoms with Gasteiger partial charge in [-0.15, -0.1) is 0 Å². The van der Waals surface area contributed by atoms with Crippen LogP contribution in [0, 0.1) is 6.92 Å². The number of sulfonamides is 1. The maximum absolute atomic E-state index is 12.5. The predicted molar refractivity (Wildman–Crippen MR) is 97.9 cm³/mol. The van der Waals surface area contributed by atoms with Gasteiger partial charge in [0, 0.05) is 18.8 Å². The van der Waals surface area contributed by atoms with Crippen molar-refractivity contribution in [3.05, 3.63) is 59.7 Å². The smallest absolute Gasteiger partial charge is 0.243 e. The molecule has 1 amide bonds. The van der Waals surface area contributed by atoms with Gasteiger partial charge in [0.2, 0.25) is 15.9 Å². The van der Waals surface area contributed by atoms with Gasteiger partial charge < -0.3 is 5.32 Å². The Morgan fingerprint density at radius 1 is 1.04 bits per heavy atom. The van der Waals surface area contributed by atoms with Crippen molar-refractivity contribution < 1.29 is 13.2 Å². The minimum Gasteiger partial charge on any atom is -0.326 e. The highest BCUT2D eigenvalue weighted by molar-refractivity contribution is 7.89. The summed E-state index contributed by atoms with van der Waals surface area (Å²) in [6.45, 7) is 3.13. The molecule has 1 fully saturated rings. The molecule has 1 heterocycles. The number of benzene rings is 2. The normalized spacial score (nSPS) is 15.2. The Labute approximate surface area is 148 Å². The highest BCUT2D eigenvalue weighted by Gasteiger charge is 2.26. The van der Waals surface area contributed by atoms with E-state index in [1.807, 2.05) is 31.2 Å². The van der Waals surface area contributed by atoms with Crippen molar-refractivity contribution >= 4 is 21.6 Å². The molecule has 0 unspecified atom stereocenters. The van der Waals surface area contributed by atoms with Crippen molar-refractivity contribution in [1.82, 2.24) is 4.31 Å². The molecule has 132 valence electrons. The second-order valence-electron chi connectivity index (χ2n) is 6.29. The predicted octanol–water partition coefficient (Wildman–Crippen LogP) is 2.96. The summed E-state index contributed by atoms with van der Waals surface area (Å²) in [6.07, 6.45) is 2.11. The van der Waals surface area contributed by atoms with Crippen LogP contribution in [-0.4, -0.2) is 31.7 Å². The number of aryl methyl sites for hydroxylation is 1. The zero-order chi connectivity index (χ0) is 17.9. The molecule has 1 N–H and O–H groups in total. The lowest BCUT2D eigenvalue weighted by molar-refractivity contribution is -0.115. The number of hydrogen-bond donors (Lipinski definition) is 1. The van der Waals surface area contributed by atoms with Crippen molar-refractivity contribution in [2.75, 3.05) is 18.4 Å². The first kappa shape index (κ1) is 17.6. The third kappa shape index (κ3) is 4.08. The Balaban J connectivity index is 1.66. The van der Waals surface area contributed by atoms with E-state index in [1.54, 1.807) is 24.3 Å². The van der Waals surface area contributed by atoms with Crippen molar-refractivity contribution in [3.8, 4) is 0 Å². The number of carbonyl (C=O) groups is 1. The fraction of sp³-hybridized carbons (Fsp3) is 0.316. The standard InChI is InChI=1S/C19H22N2O3S/c1-15-6-2-3-7-16(15)14-19(22)20-17-8-10-18(11-9-17)25(23,24)21-12-4-5-13-21/h2-3,6-11H,4-5,12-14H2,1H3,(H,20,22). The monoisotopic (exact) mass is 358 g/mol. The summed E-state index contributed by atoms with van der Waals surface area (Å²) in [5.41, 5.74) is 2.65. The van der Waals surface area contributed by atoms with Crippen LogP contribution in [0.2, 0.25) is 0 Å². The van der Waals surface area contributed by atoms with E-state index in [4.69, 9.17) is 0 Å². The first-order chi connectivity index (χ1) is 12.0. The van der Waals surface area contributed by atoms with Gasteiger partial charge in [-0.25, -0.2) is 8.42 Å². The highest BCUT2D eigenvalue weighted by Crippen LogP contribution is 2.22. The third-order valence-electron chi connectivity index (χ3n) is 4.45. The largest absolute Gasteiger partial charge is 0.326 e. The zero-order valence-electron chi connectivity index (χ0n) is 14.2. The SMILES string of the molecule is Cc1ccccc1CC(=O)Nc1ccc(S(=O)(=O)N2CCCC2)cc1. The molecule has 6 heteroatoms. The molecule has 0 bridgehead atoms. The van der Waals surface area contributed by atoms with Crippen molar-refractivity contribution in [2.45, 2.75) is 31.1 Å². The number of carbonyl (C=O) groups excluding carboxylic acids is 1. The molecule has 0 atom stereocenters. The van der Waals surface area contributed by atoms with Gasteiger partial charge in [-0.3, -0.25) is 4.79 Å². The number of anilines is 1. The molecule has 1 aliphatic heterocycles. The lowest BCUT2D eigenvalue weighted by atomic mass is 10.1. The average Bonchev–Trinajstić information content (AvgIpc) is 3.13. The molecule has 0 saturated carbocycles. The maximum atomic E-state index is 12.5. The van der Waals surface area contributed by atoms with Crippen molar-refractivity contribution in [2.24, 2.45) is 0 Å². The minimum absolute atomic E-state index is 0.121. The Kier molecular flexibility index (Phi) is 5.20. The van der Waals surface area contributed by atoms with E-state index in [-0.39, 0.29) is 10.8 Å². The molecular weight excluding hydrogens is 336 g/mol. The van der Waals surface area contributed by atoms with Gasteiger partial charge in [0.05, 0.1) is 11.3 Å². The Morgan fingerprint density at radius 3 is 2.32 bits per heavy atom. The number of hydrogen-bond acceptors (Lipinski definition) is 3. The molecule has 0 aromatic heterocycles. The Hall–Kier alpha value is -2.18. The Morgan fingerprint density at radius 2 is 1.68 bits per heavy atom. The first-order valence-electron chi connectivity index (χ1n) is 8.41. The van der Waals surface area contributed by atoms with Crippen LogP contribution in [0.1, 0.15) is 24.0 Å². The average molecular weight is 358 g/mol. The molecule has 1 saturated heterocycles. The summed E-state index contributed by atoms with van der Waals surface area (Å²) in [5, 5.41) is 2.82. The summed E-state index contributed by atoms with van der Waals surface area (Å²) in [6, 6.07) is 14.1. The molecule has 25 heavy (non-hydrogen) atoms. The van der Waals surface area contributed by atoms with E-state index in [1.165, 1.54) is 4.31 Å². The van der Waals surface area contributed by atoms with E-state index in [0.29, 0.717) is 25.2 Å². The quantitative estimate of drug-likeness (QED) is 0.894. The molecule has 2 aromatic rings. The summed E-state index contributed by atoms with van der Waals surface area (Å²) >= 11 is 0. The van der Waals surface area contributed by atoms with Gasteiger partial charge in [0.15, 0.2) is 0 Å². The lowest BCUT2D eigenvalue weighted by Crippen LogP contribution is -2.27. The van der Waals surface area contributed by atoms with Gasteiger partial charge >= 0.3 is 0 Å². The fourth-order valence-electron chi connectivity index (χ4n) is 2.97. The van der Waals surface area contributed by atoms with Crippen molar-refractivity contribution in [1.29, 1.82) is 0 Å². The summed E-state index contributed by atoms with van der Waals surface area (Å²) in [7, 11) is -3.42. The summed E-state index contributed by atoms with van der Waals surface area (Å²) < 4.78 is 26.5. The van der Waals surface area contributed by atoms with Gasteiger partial charge in [0.1, 0.15) is 0 Å². The van der Waals surface area contributed by atoms with Crippen LogP contribution >= 0.6 is 0 Å². The van der Waals surface area contributed by atoms with E-state index < -0.39 is 10.0 Å². The van der Waals surface area contributed by atoms with Crippen molar-refractivity contribution in [3.63, 3.8) is 0 Å². The van der Waals surface area contributed by atoms with Gasteiger partial charge in [0.25, 0.3) is 0 Å². The second-order valence-corrected chi connectivity index (χ2v) is 8.22. The molecule has 1 aliphatic rings. The third-order valence-corrected chi connectivity index (χ3v) is 6.37. The van der Waals surface area contributed by atoms with E-state index >= 15 is 0 Å². The topological polar surface area (TPSA) is 66.5 Å². The maximum Gasteiger partial charge on any atom is 0.243 e. The minimum atomic E-state index is -3.42. The highest BCUT2D eigenvalue weighted by atomic mass is 32.2. The number of amides is 1. The van der Waals surface area contributed by atoms with Gasteiger partial charge in [-0.1, -0.05) is 24.3 Å². The van der Waals surface area contributed by atoms with E-state index in [0.717, 1.165) is 24.0 Å². The van der Waals surface area contributed by atoms with Crippen LogP contribution in [0.25, 0.3) is 0 Å². The van der Waals surface area contributed by atoms with E-state index in [9.17, 15) is 13.2 Å². The van der Waals surface area contributed by atoms with Gasteiger partial charge in [-0.05, 0) is 55.2 Å². The molecule has 0 spiro atoms. The van der Waals surface area contributed by atoms with E-state index in [2.05, 4.69) is 5.32 Å². The van der Waals surface area contributed by atoms with Crippen LogP contribution in [0.3, 0.4) is 0 Å². The fourth-order valence-corrected chi connectivity index (χ4v) is 4.49. The van der Waals surface area contributed by atoms with Crippen LogP contribution in [0.4, 0.5) is 5.69 Å². The van der Waals surface area contributed by atoms with Crippen LogP contribution in [-0.2, 0) is 21.2 Å². The molecular formula is C19H22N2O3S. The lowest BCUT2D eigenvalue weighted by Gasteiger charge is -2.15. The zero-order valence-corrected chi connectivity index (χ0v) is 15.1. The van der Waals surface area contributed by atoms with Crippen LogP contribution in [0.15, 0.2) is 53.4 Å². The first-order valence-corrected chi connectivity index (χ1v) is 9.85. The summed E-state index contributed by atoms with van der Waals surface area (Å²) in [5.74, 6) is -0.121. The number of nitrogens with one attached hydrogen (secondary N) is 1. The number of rotatable bonds is 5. The van der Waals surface area contributed by atoms with Gasteiger partial charge in [-0.2, -0.15) is 4.31 Å². The molecule has 0 aliphatic carbocycles. The number of nitrogens with zero attached hydrogens (tertiary/aromatic N) is 1. The molecule has 3 rings (SSSR count). The second kappa shape index (κ2) is 7.37.